The number of rotatable bonds is 13. The van der Waals surface area contributed by atoms with Gasteiger partial charge < -0.3 is 35.0 Å². The summed E-state index contributed by atoms with van der Waals surface area (Å²) in [6.07, 6.45) is 5.63. The molecule has 0 bridgehead atoms. The van der Waals surface area contributed by atoms with E-state index in [2.05, 4.69) is 20.6 Å². The molecule has 18 heteroatoms. The summed E-state index contributed by atoms with van der Waals surface area (Å²) in [5.41, 5.74) is 1.99. The van der Waals surface area contributed by atoms with Crippen molar-refractivity contribution in [1.82, 2.24) is 20.4 Å². The number of ether oxygens (including phenoxy) is 2. The van der Waals surface area contributed by atoms with Crippen molar-refractivity contribution >= 4 is 71.0 Å². The molecule has 2 heterocycles. The van der Waals surface area contributed by atoms with Crippen molar-refractivity contribution in [3.63, 3.8) is 0 Å². The smallest absolute Gasteiger partial charge is 0.870 e. The molecule has 0 aromatic heterocycles. The molecule has 0 spiro atoms. The van der Waals surface area contributed by atoms with Crippen molar-refractivity contribution in [3.8, 4) is 0 Å². The molecule has 5 N–H and O–H groups in total. The van der Waals surface area contributed by atoms with E-state index in [0.717, 1.165) is 25.7 Å². The zero-order valence-electron chi connectivity index (χ0n) is 39.8. The van der Waals surface area contributed by atoms with E-state index in [1.54, 1.807) is 87.8 Å². The van der Waals surface area contributed by atoms with Crippen LogP contribution in [-0.2, 0) is 19.1 Å². The first-order valence-corrected chi connectivity index (χ1v) is 21.4. The van der Waals surface area contributed by atoms with Crippen LogP contribution >= 0.6 is 0 Å². The van der Waals surface area contributed by atoms with Crippen molar-refractivity contribution in [1.29, 1.82) is 0 Å². The zero-order valence-corrected chi connectivity index (χ0v) is 39.8. The summed E-state index contributed by atoms with van der Waals surface area (Å²) < 4.78 is 10.6. The molecule has 0 atom stereocenters. The Bertz CT molecular complexity index is 2140. The van der Waals surface area contributed by atoms with Gasteiger partial charge in [0.05, 0.1) is 16.9 Å². The number of carboxylic acid groups (broad SMARTS) is 1. The predicted molar refractivity (Wildman–Crippen MR) is 246 cm³/mol. The number of aliphatic imine (C=N–C) groups is 2. The first-order valence-electron chi connectivity index (χ1n) is 21.4. The number of aliphatic hydroxyl groups excluding tert-OH is 1. The molecule has 0 saturated heterocycles. The van der Waals surface area contributed by atoms with Crippen LogP contribution in [0.4, 0.5) is 21.0 Å². The SMILES string of the molecule is CCCN(CCC)C(=O)C1=Cc2ccc(C(=O)CO)cc2N=C(NC(=O)OC(C)(C)C)C1.CCCN(CCC)C(=O)C1=Cc2ccc(C(=O)O)cc2N=C(NC(=O)OC(C)(C)C)C1.[Li+].[OH-]. The minimum Gasteiger partial charge on any atom is -0.870 e. The van der Waals surface area contributed by atoms with Crippen LogP contribution in [0.25, 0.3) is 12.2 Å². The third kappa shape index (κ3) is 18.4. The van der Waals surface area contributed by atoms with Crippen molar-refractivity contribution < 1.29 is 72.8 Å². The van der Waals surface area contributed by atoms with Gasteiger partial charge in [0.2, 0.25) is 11.8 Å². The zero-order chi connectivity index (χ0) is 47.1. The summed E-state index contributed by atoms with van der Waals surface area (Å²) in [6.45, 7) is 20.5. The first kappa shape index (κ1) is 57.4. The topological polar surface area (TPSA) is 247 Å². The number of nitrogens with zero attached hydrogens (tertiary/aromatic N) is 4. The average Bonchev–Trinajstić information content (AvgIpc) is 3.49. The number of nitrogens with one attached hydrogen (secondary N) is 2. The van der Waals surface area contributed by atoms with E-state index < -0.39 is 41.7 Å². The molecule has 0 saturated carbocycles. The number of alkyl carbamates (subject to hydrolysis) is 2. The van der Waals surface area contributed by atoms with E-state index in [0.29, 0.717) is 65.4 Å². The van der Waals surface area contributed by atoms with Crippen LogP contribution in [0.5, 0.6) is 0 Å². The Morgan fingerprint density at radius 3 is 1.31 bits per heavy atom. The Kier molecular flexibility index (Phi) is 23.3. The Labute approximate surface area is 394 Å². The number of Topliss-reactive ketones (excluding diaryl/α,β-unsaturated/α-hetero) is 1. The van der Waals surface area contributed by atoms with Crippen LogP contribution in [0.1, 0.15) is 140 Å². The Morgan fingerprint density at radius 1 is 0.631 bits per heavy atom. The quantitative estimate of drug-likeness (QED) is 0.153. The second kappa shape index (κ2) is 26.4. The molecule has 4 amide bonds. The molecule has 350 valence electrons. The van der Waals surface area contributed by atoms with E-state index in [1.807, 2.05) is 27.7 Å². The minimum atomic E-state index is -1.08. The van der Waals surface area contributed by atoms with Crippen molar-refractivity contribution in [2.75, 3.05) is 32.8 Å². The number of carbonyl (C=O) groups excluding carboxylic acids is 5. The van der Waals surface area contributed by atoms with Gasteiger partial charge in [-0.3, -0.25) is 25.0 Å². The van der Waals surface area contributed by atoms with E-state index in [4.69, 9.17) is 9.47 Å². The van der Waals surface area contributed by atoms with Crippen LogP contribution in [0.2, 0.25) is 0 Å². The number of benzene rings is 2. The summed E-state index contributed by atoms with van der Waals surface area (Å²) in [4.78, 5) is 87.1. The number of ketones is 1. The summed E-state index contributed by atoms with van der Waals surface area (Å²) >= 11 is 0. The molecule has 4 rings (SSSR count). The maximum atomic E-state index is 13.3. The minimum absolute atomic E-state index is 0. The molecule has 17 nitrogen and oxygen atoms in total. The number of fused-ring (bicyclic) bond motifs is 2. The van der Waals surface area contributed by atoms with Crippen LogP contribution in [0.15, 0.2) is 57.5 Å². The van der Waals surface area contributed by atoms with Crippen molar-refractivity contribution in [2.45, 2.75) is 119 Å². The number of aliphatic hydroxyl groups is 1. The van der Waals surface area contributed by atoms with Gasteiger partial charge in [0, 0.05) is 66.9 Å². The molecular formula is C47H65LiN6O11. The Hall–Kier alpha value is -5.60. The van der Waals surface area contributed by atoms with Gasteiger partial charge in [-0.25, -0.2) is 24.4 Å². The Balaban J connectivity index is 0.000000631. The first-order chi connectivity index (χ1) is 29.6. The largest absolute Gasteiger partial charge is 1.00 e. The summed E-state index contributed by atoms with van der Waals surface area (Å²) in [6, 6.07) is 9.34. The summed E-state index contributed by atoms with van der Waals surface area (Å²) in [5, 5.41) is 23.8. The van der Waals surface area contributed by atoms with Gasteiger partial charge in [0.1, 0.15) is 29.5 Å². The van der Waals surface area contributed by atoms with Crippen LogP contribution < -0.4 is 29.5 Å². The molecule has 0 radical (unpaired) electrons. The number of hydrogen-bond acceptors (Lipinski definition) is 12. The fourth-order valence-electron chi connectivity index (χ4n) is 6.51. The van der Waals surface area contributed by atoms with Crippen LogP contribution in [0.3, 0.4) is 0 Å². The maximum absolute atomic E-state index is 13.3. The predicted octanol–water partition coefficient (Wildman–Crippen LogP) is 5.05. The fraction of sp³-hybridized carbons (Fsp3) is 0.489. The molecule has 2 aliphatic rings. The maximum Gasteiger partial charge on any atom is 1.00 e. The van der Waals surface area contributed by atoms with Crippen molar-refractivity contribution in [3.05, 3.63) is 69.8 Å². The third-order valence-electron chi connectivity index (χ3n) is 9.05. The fourth-order valence-corrected chi connectivity index (χ4v) is 6.51. The second-order valence-electron chi connectivity index (χ2n) is 17.1. The molecular weight excluding hydrogens is 831 g/mol. The molecule has 2 aliphatic heterocycles. The van der Waals surface area contributed by atoms with E-state index in [9.17, 15) is 39.0 Å². The molecule has 2 aromatic rings. The van der Waals surface area contributed by atoms with Gasteiger partial charge >= 0.3 is 37.0 Å². The molecule has 2 aromatic carbocycles. The van der Waals surface area contributed by atoms with Gasteiger partial charge in [0.25, 0.3) is 0 Å². The second-order valence-corrected chi connectivity index (χ2v) is 17.1. The number of amidine groups is 2. The number of carboxylic acids is 1. The van der Waals surface area contributed by atoms with Gasteiger partial charge in [-0.15, -0.1) is 0 Å². The molecule has 0 unspecified atom stereocenters. The number of aromatic carboxylic acids is 1. The molecule has 0 aliphatic carbocycles. The van der Waals surface area contributed by atoms with Gasteiger partial charge in [-0.1, -0.05) is 45.9 Å². The normalized spacial score (nSPS) is 12.9. The number of carbonyl (C=O) groups is 6. The standard InChI is InChI=1S/C24H33N3O5.C23H31N3O5.Li.H2O/c1-6-10-27(11-7-2)22(30)18-12-16-8-9-17(20(29)15-28)13-19(16)25-21(14-18)26-23(31)32-24(3,4)5;1-6-10-26(11-7-2)20(27)17-12-15-8-9-16(21(28)29)13-18(15)24-19(14-17)25-22(30)31-23(3,4)5;;/h8-9,12-13,28H,6-7,10-11,14-15H2,1-5H3,(H,25,26,31);8-9,12-13H,6-7,10-11,14H2,1-5H3,(H,28,29)(H,24,25,30);;1H2/q;;+1;/p-1. The van der Waals surface area contributed by atoms with E-state index in [1.165, 1.54) is 12.1 Å². The van der Waals surface area contributed by atoms with Crippen LogP contribution in [0, 0.1) is 0 Å². The Morgan fingerprint density at radius 2 is 0.985 bits per heavy atom. The van der Waals surface area contributed by atoms with Crippen LogP contribution in [-0.4, -0.2) is 117 Å². The number of hydrogen-bond donors (Lipinski definition) is 4. The van der Waals surface area contributed by atoms with Gasteiger partial charge in [0.15, 0.2) is 5.78 Å². The van der Waals surface area contributed by atoms with Gasteiger partial charge in [-0.2, -0.15) is 0 Å². The average molecular weight is 897 g/mol. The van der Waals surface area contributed by atoms with E-state index >= 15 is 0 Å². The van der Waals surface area contributed by atoms with Gasteiger partial charge in [-0.05, 0) is 97.6 Å². The monoisotopic (exact) mass is 896 g/mol. The summed E-state index contributed by atoms with van der Waals surface area (Å²) in [7, 11) is 0. The molecule has 65 heavy (non-hydrogen) atoms. The number of amides is 4. The van der Waals surface area contributed by atoms with Crippen molar-refractivity contribution in [2.24, 2.45) is 9.98 Å². The third-order valence-corrected chi connectivity index (χ3v) is 9.05. The van der Waals surface area contributed by atoms with E-state index in [-0.39, 0.29) is 66.2 Å². The summed E-state index contributed by atoms with van der Waals surface area (Å²) in [5.74, 6) is -1.29. The molecule has 0 fully saturated rings.